The van der Waals surface area contributed by atoms with Crippen LogP contribution in [0.4, 0.5) is 5.69 Å². The number of rotatable bonds is 4. The summed E-state index contributed by atoms with van der Waals surface area (Å²) >= 11 is 0. The number of benzene rings is 1. The van der Waals surface area contributed by atoms with Gasteiger partial charge in [-0.25, -0.2) is 0 Å². The fraction of sp³-hybridized carbons (Fsp3) is 0.250. The summed E-state index contributed by atoms with van der Waals surface area (Å²) in [4.78, 5) is 24.0. The van der Waals surface area contributed by atoms with E-state index in [0.29, 0.717) is 5.75 Å². The van der Waals surface area contributed by atoms with Crippen molar-refractivity contribution >= 4 is 11.5 Å². The van der Waals surface area contributed by atoms with Crippen molar-refractivity contribution in [1.82, 2.24) is 4.90 Å². The first-order valence-electron chi connectivity index (χ1n) is 5.46. The molecule has 1 aliphatic heterocycles. The van der Waals surface area contributed by atoms with Gasteiger partial charge in [-0.2, -0.15) is 0 Å². The van der Waals surface area contributed by atoms with E-state index >= 15 is 0 Å². The van der Waals surface area contributed by atoms with Gasteiger partial charge < -0.3 is 14.4 Å². The van der Waals surface area contributed by atoms with Crippen LogP contribution < -0.4 is 9.47 Å². The minimum Gasteiger partial charge on any atom is -0.454 e. The molecule has 0 unspecified atom stereocenters. The fourth-order valence-corrected chi connectivity index (χ4v) is 1.59. The molecule has 7 heteroatoms. The predicted octanol–water partition coefficient (Wildman–Crippen LogP) is 1.58. The second kappa shape index (κ2) is 4.97. The molecule has 0 aliphatic carbocycles. The highest BCUT2D eigenvalue weighted by molar-refractivity contribution is 6.08. The number of hydrogen-bond donors (Lipinski definition) is 0. The Hall–Kier alpha value is -2.57. The molecule has 0 fully saturated rings. The zero-order chi connectivity index (χ0) is 14.0. The molecule has 0 bridgehead atoms. The first kappa shape index (κ1) is 12.9. The van der Waals surface area contributed by atoms with Crippen molar-refractivity contribution < 1.29 is 19.2 Å². The average Bonchev–Trinajstić information content (AvgIpc) is 2.81. The van der Waals surface area contributed by atoms with Crippen LogP contribution in [0.25, 0.3) is 0 Å². The second-order valence-corrected chi connectivity index (χ2v) is 4.12. The van der Waals surface area contributed by atoms with Crippen LogP contribution in [-0.4, -0.2) is 36.5 Å². The van der Waals surface area contributed by atoms with Crippen molar-refractivity contribution in [1.29, 1.82) is 0 Å². The molecule has 0 saturated carbocycles. The molecule has 0 saturated heterocycles. The molecular weight excluding hydrogens is 252 g/mol. The number of ketones is 1. The number of nitro groups is 1. The summed E-state index contributed by atoms with van der Waals surface area (Å²) in [5.74, 6) is 0.158. The Morgan fingerprint density at radius 2 is 2.00 bits per heavy atom. The van der Waals surface area contributed by atoms with Crippen molar-refractivity contribution in [2.24, 2.45) is 0 Å². The first-order chi connectivity index (χ1) is 8.99. The Balaban J connectivity index is 2.43. The van der Waals surface area contributed by atoms with E-state index in [2.05, 4.69) is 0 Å². The maximum atomic E-state index is 12.0. The number of nitrogens with zero attached hydrogens (tertiary/aromatic N) is 2. The molecule has 0 amide bonds. The van der Waals surface area contributed by atoms with Crippen LogP contribution in [-0.2, 0) is 0 Å². The quantitative estimate of drug-likeness (QED) is 0.355. The van der Waals surface area contributed by atoms with E-state index in [0.717, 1.165) is 0 Å². The average molecular weight is 264 g/mol. The molecular formula is C12H12N2O5. The van der Waals surface area contributed by atoms with Gasteiger partial charge in [-0.1, -0.05) is 0 Å². The largest absolute Gasteiger partial charge is 0.454 e. The molecule has 19 heavy (non-hydrogen) atoms. The molecule has 100 valence electrons. The minimum atomic E-state index is -0.612. The van der Waals surface area contributed by atoms with E-state index in [1.807, 2.05) is 0 Å². The number of ether oxygens (including phenoxy) is 2. The number of carbonyl (C=O) groups is 1. The summed E-state index contributed by atoms with van der Waals surface area (Å²) in [6, 6.07) is 2.54. The van der Waals surface area contributed by atoms with Crippen LogP contribution in [0.2, 0.25) is 0 Å². The van der Waals surface area contributed by atoms with Crippen molar-refractivity contribution in [3.05, 3.63) is 40.1 Å². The van der Waals surface area contributed by atoms with Gasteiger partial charge in [-0.05, 0) is 0 Å². The summed E-state index contributed by atoms with van der Waals surface area (Å²) in [7, 11) is 3.50. The highest BCUT2D eigenvalue weighted by Gasteiger charge is 2.26. The third-order valence-corrected chi connectivity index (χ3v) is 2.48. The third kappa shape index (κ3) is 2.65. The number of hydrogen-bond acceptors (Lipinski definition) is 6. The van der Waals surface area contributed by atoms with E-state index in [1.165, 1.54) is 24.4 Å². The normalized spacial score (nSPS) is 12.7. The molecule has 7 nitrogen and oxygen atoms in total. The van der Waals surface area contributed by atoms with Gasteiger partial charge in [0.2, 0.25) is 6.79 Å². The van der Waals surface area contributed by atoms with Gasteiger partial charge in [0.25, 0.3) is 5.69 Å². The molecule has 1 heterocycles. The Morgan fingerprint density at radius 1 is 1.37 bits per heavy atom. The summed E-state index contributed by atoms with van der Waals surface area (Å²) in [5.41, 5.74) is -0.315. The number of fused-ring (bicyclic) bond motifs is 1. The predicted molar refractivity (Wildman–Crippen MR) is 66.4 cm³/mol. The Bertz CT molecular complexity index is 565. The maximum Gasteiger partial charge on any atom is 0.284 e. The summed E-state index contributed by atoms with van der Waals surface area (Å²) in [5, 5.41) is 11.0. The van der Waals surface area contributed by atoms with Crippen LogP contribution in [0.1, 0.15) is 10.4 Å². The van der Waals surface area contributed by atoms with E-state index in [-0.39, 0.29) is 23.8 Å². The third-order valence-electron chi connectivity index (χ3n) is 2.48. The SMILES string of the molecule is CN(C)/C=C/C(=O)c1cc2c(cc1[N+](=O)[O-])OCO2. The lowest BCUT2D eigenvalue weighted by Crippen LogP contribution is -2.05. The van der Waals surface area contributed by atoms with Crippen LogP contribution in [0.5, 0.6) is 11.5 Å². The number of carbonyl (C=O) groups excluding carboxylic acids is 1. The number of nitro benzene ring substituents is 1. The van der Waals surface area contributed by atoms with Crippen molar-refractivity contribution in [3.8, 4) is 11.5 Å². The highest BCUT2D eigenvalue weighted by atomic mass is 16.7. The van der Waals surface area contributed by atoms with Crippen LogP contribution in [0, 0.1) is 10.1 Å². The van der Waals surface area contributed by atoms with E-state index in [1.54, 1.807) is 19.0 Å². The van der Waals surface area contributed by atoms with Crippen LogP contribution >= 0.6 is 0 Å². The Labute approximate surface area is 109 Å². The van der Waals surface area contributed by atoms with Crippen molar-refractivity contribution in [2.45, 2.75) is 0 Å². The molecule has 0 radical (unpaired) electrons. The summed E-state index contributed by atoms with van der Waals surface area (Å²) in [6.45, 7) is -0.00231. The topological polar surface area (TPSA) is 81.9 Å². The molecule has 1 aromatic carbocycles. The highest BCUT2D eigenvalue weighted by Crippen LogP contribution is 2.38. The second-order valence-electron chi connectivity index (χ2n) is 4.12. The van der Waals surface area contributed by atoms with E-state index in [9.17, 15) is 14.9 Å². The molecule has 0 N–H and O–H groups in total. The summed E-state index contributed by atoms with van der Waals surface area (Å²) in [6.07, 6.45) is 2.79. The Morgan fingerprint density at radius 3 is 2.58 bits per heavy atom. The lowest BCUT2D eigenvalue weighted by Gasteiger charge is -2.04. The number of allylic oxidation sites excluding steroid dienone is 1. The molecule has 1 aromatic rings. The Kier molecular flexibility index (Phi) is 3.37. The van der Waals surface area contributed by atoms with Gasteiger partial charge in [-0.3, -0.25) is 14.9 Å². The van der Waals surface area contributed by atoms with Gasteiger partial charge in [0.15, 0.2) is 17.3 Å². The zero-order valence-corrected chi connectivity index (χ0v) is 10.5. The smallest absolute Gasteiger partial charge is 0.284 e. The molecule has 0 atom stereocenters. The van der Waals surface area contributed by atoms with Crippen LogP contribution in [0.3, 0.4) is 0 Å². The van der Waals surface area contributed by atoms with Crippen molar-refractivity contribution in [3.63, 3.8) is 0 Å². The molecule has 0 spiro atoms. The minimum absolute atomic E-state index is 0.00231. The fourth-order valence-electron chi connectivity index (χ4n) is 1.59. The summed E-state index contributed by atoms with van der Waals surface area (Å²) < 4.78 is 10.2. The molecule has 0 aromatic heterocycles. The van der Waals surface area contributed by atoms with Gasteiger partial charge in [0, 0.05) is 32.4 Å². The van der Waals surface area contributed by atoms with Gasteiger partial charge in [0.05, 0.1) is 11.0 Å². The van der Waals surface area contributed by atoms with Gasteiger partial charge in [-0.15, -0.1) is 0 Å². The van der Waals surface area contributed by atoms with Crippen LogP contribution in [0.15, 0.2) is 24.4 Å². The standard InChI is InChI=1S/C12H12N2O5/c1-13(2)4-3-10(15)8-5-11-12(19-7-18-11)6-9(8)14(16)17/h3-6H,7H2,1-2H3/b4-3+. The molecule has 2 rings (SSSR count). The van der Waals surface area contributed by atoms with E-state index in [4.69, 9.17) is 9.47 Å². The first-order valence-corrected chi connectivity index (χ1v) is 5.46. The van der Waals surface area contributed by atoms with Gasteiger partial charge in [0.1, 0.15) is 5.56 Å². The van der Waals surface area contributed by atoms with Gasteiger partial charge >= 0.3 is 0 Å². The lowest BCUT2D eigenvalue weighted by molar-refractivity contribution is -0.385. The van der Waals surface area contributed by atoms with Crippen molar-refractivity contribution in [2.75, 3.05) is 20.9 Å². The maximum absolute atomic E-state index is 12.0. The monoisotopic (exact) mass is 264 g/mol. The lowest BCUT2D eigenvalue weighted by atomic mass is 10.1. The van der Waals surface area contributed by atoms with E-state index < -0.39 is 10.7 Å². The molecule has 1 aliphatic rings. The zero-order valence-electron chi connectivity index (χ0n) is 10.5.